The number of likely N-dealkylation sites (N-methyl/N-ethyl adjacent to an activating group) is 1. The second-order valence-electron chi connectivity index (χ2n) is 5.53. The van der Waals surface area contributed by atoms with Gasteiger partial charge >= 0.3 is 0 Å². The average molecular weight is 343 g/mol. The quantitative estimate of drug-likeness (QED) is 0.737. The van der Waals surface area contributed by atoms with Crippen molar-refractivity contribution < 1.29 is 19.0 Å². The van der Waals surface area contributed by atoms with Gasteiger partial charge in [-0.2, -0.15) is 0 Å². The Labute approximate surface area is 149 Å². The van der Waals surface area contributed by atoms with Crippen LogP contribution >= 0.6 is 0 Å². The molecule has 0 unspecified atom stereocenters. The summed E-state index contributed by atoms with van der Waals surface area (Å²) in [7, 11) is 4.64. The lowest BCUT2D eigenvalue weighted by Gasteiger charge is -2.23. The van der Waals surface area contributed by atoms with Gasteiger partial charge in [0.1, 0.15) is 5.75 Å². The van der Waals surface area contributed by atoms with E-state index >= 15 is 0 Å². The number of methoxy groups -OCH3 is 3. The van der Waals surface area contributed by atoms with Gasteiger partial charge < -0.3 is 19.1 Å². The fraction of sp³-hybridized carbons (Fsp3) is 0.350. The van der Waals surface area contributed by atoms with E-state index in [4.69, 9.17) is 14.2 Å². The van der Waals surface area contributed by atoms with Crippen molar-refractivity contribution in [1.29, 1.82) is 0 Å². The third-order valence-corrected chi connectivity index (χ3v) is 4.12. The first-order valence-corrected chi connectivity index (χ1v) is 8.27. The molecule has 0 saturated carbocycles. The molecule has 0 spiro atoms. The smallest absolute Gasteiger partial charge is 0.257 e. The minimum Gasteiger partial charge on any atom is -0.496 e. The van der Waals surface area contributed by atoms with E-state index in [0.29, 0.717) is 35.9 Å². The fourth-order valence-electron chi connectivity index (χ4n) is 2.68. The molecular weight excluding hydrogens is 318 g/mol. The molecule has 134 valence electrons. The van der Waals surface area contributed by atoms with Gasteiger partial charge in [-0.3, -0.25) is 4.79 Å². The van der Waals surface area contributed by atoms with E-state index in [1.165, 1.54) is 12.7 Å². The first-order chi connectivity index (χ1) is 12.1. The number of ether oxygens (including phenoxy) is 3. The van der Waals surface area contributed by atoms with Crippen molar-refractivity contribution in [1.82, 2.24) is 4.90 Å². The van der Waals surface area contributed by atoms with Crippen LogP contribution in [0.15, 0.2) is 42.5 Å². The number of rotatable bonds is 8. The molecule has 0 atom stereocenters. The van der Waals surface area contributed by atoms with Crippen LogP contribution in [-0.2, 0) is 6.42 Å². The van der Waals surface area contributed by atoms with E-state index in [1.807, 2.05) is 25.1 Å². The average Bonchev–Trinajstić information content (AvgIpc) is 2.67. The van der Waals surface area contributed by atoms with Crippen LogP contribution in [-0.4, -0.2) is 45.2 Å². The van der Waals surface area contributed by atoms with Crippen LogP contribution in [0.25, 0.3) is 0 Å². The van der Waals surface area contributed by atoms with Crippen LogP contribution in [0, 0.1) is 0 Å². The predicted molar refractivity (Wildman–Crippen MR) is 97.8 cm³/mol. The first-order valence-electron chi connectivity index (χ1n) is 8.27. The van der Waals surface area contributed by atoms with Gasteiger partial charge in [-0.1, -0.05) is 30.3 Å². The van der Waals surface area contributed by atoms with E-state index in [9.17, 15) is 4.79 Å². The maximum atomic E-state index is 13.0. The van der Waals surface area contributed by atoms with Crippen molar-refractivity contribution in [2.45, 2.75) is 13.3 Å². The van der Waals surface area contributed by atoms with Gasteiger partial charge in [0, 0.05) is 25.2 Å². The normalized spacial score (nSPS) is 10.2. The molecule has 2 rings (SSSR count). The molecule has 0 radical (unpaired) electrons. The van der Waals surface area contributed by atoms with Crippen molar-refractivity contribution in [3.8, 4) is 17.2 Å². The zero-order chi connectivity index (χ0) is 18.2. The molecule has 25 heavy (non-hydrogen) atoms. The summed E-state index contributed by atoms with van der Waals surface area (Å²) in [5, 5.41) is 0. The molecule has 1 amide bonds. The molecule has 0 aliphatic rings. The van der Waals surface area contributed by atoms with Gasteiger partial charge in [-0.05, 0) is 18.9 Å². The highest BCUT2D eigenvalue weighted by Crippen LogP contribution is 2.35. The molecule has 2 aromatic rings. The SMILES string of the molecule is CCN(CCc1ccccc1)C(=O)c1cc(OC)c(OC)cc1OC. The van der Waals surface area contributed by atoms with Gasteiger partial charge in [-0.25, -0.2) is 0 Å². The minimum atomic E-state index is -0.0868. The third-order valence-electron chi connectivity index (χ3n) is 4.12. The zero-order valence-corrected chi connectivity index (χ0v) is 15.2. The number of hydrogen-bond donors (Lipinski definition) is 0. The first kappa shape index (κ1) is 18.6. The molecule has 0 saturated heterocycles. The fourth-order valence-corrected chi connectivity index (χ4v) is 2.68. The summed E-state index contributed by atoms with van der Waals surface area (Å²) < 4.78 is 16.0. The largest absolute Gasteiger partial charge is 0.496 e. The summed E-state index contributed by atoms with van der Waals surface area (Å²) in [5.41, 5.74) is 1.67. The maximum Gasteiger partial charge on any atom is 0.257 e. The maximum absolute atomic E-state index is 13.0. The number of carbonyl (C=O) groups is 1. The van der Waals surface area contributed by atoms with Gasteiger partial charge in [0.05, 0.1) is 26.9 Å². The Morgan fingerprint density at radius 3 is 2.08 bits per heavy atom. The van der Waals surface area contributed by atoms with E-state index < -0.39 is 0 Å². The minimum absolute atomic E-state index is 0.0868. The molecule has 0 N–H and O–H groups in total. The zero-order valence-electron chi connectivity index (χ0n) is 15.2. The number of nitrogens with zero attached hydrogens (tertiary/aromatic N) is 1. The lowest BCUT2D eigenvalue weighted by Crippen LogP contribution is -2.33. The molecular formula is C20H25NO4. The molecule has 5 nitrogen and oxygen atoms in total. The highest BCUT2D eigenvalue weighted by atomic mass is 16.5. The Morgan fingerprint density at radius 2 is 1.52 bits per heavy atom. The van der Waals surface area contributed by atoms with E-state index in [2.05, 4.69) is 12.1 Å². The summed E-state index contributed by atoms with van der Waals surface area (Å²) in [4.78, 5) is 14.8. The number of benzene rings is 2. The Morgan fingerprint density at radius 1 is 0.920 bits per heavy atom. The Hall–Kier alpha value is -2.69. The van der Waals surface area contributed by atoms with Gasteiger partial charge in [0.2, 0.25) is 0 Å². The van der Waals surface area contributed by atoms with E-state index in [0.717, 1.165) is 6.42 Å². The summed E-state index contributed by atoms with van der Waals surface area (Å²) in [6.07, 6.45) is 0.802. The highest BCUT2D eigenvalue weighted by Gasteiger charge is 2.21. The summed E-state index contributed by atoms with van der Waals surface area (Å²) >= 11 is 0. The van der Waals surface area contributed by atoms with Crippen molar-refractivity contribution in [3.05, 3.63) is 53.6 Å². The van der Waals surface area contributed by atoms with Crippen LogP contribution < -0.4 is 14.2 Å². The van der Waals surface area contributed by atoms with Crippen LogP contribution in [0.2, 0.25) is 0 Å². The molecule has 0 bridgehead atoms. The van der Waals surface area contributed by atoms with Crippen LogP contribution in [0.4, 0.5) is 0 Å². The summed E-state index contributed by atoms with van der Waals surface area (Å²) in [6, 6.07) is 13.5. The van der Waals surface area contributed by atoms with E-state index in [1.54, 1.807) is 31.3 Å². The van der Waals surface area contributed by atoms with Crippen molar-refractivity contribution >= 4 is 5.91 Å². The molecule has 0 aliphatic heterocycles. The van der Waals surface area contributed by atoms with E-state index in [-0.39, 0.29) is 5.91 Å². The second-order valence-corrected chi connectivity index (χ2v) is 5.53. The van der Waals surface area contributed by atoms with Crippen LogP contribution in [0.1, 0.15) is 22.8 Å². The highest BCUT2D eigenvalue weighted by molar-refractivity contribution is 5.97. The number of hydrogen-bond acceptors (Lipinski definition) is 4. The summed E-state index contributed by atoms with van der Waals surface area (Å²) in [6.45, 7) is 3.22. The van der Waals surface area contributed by atoms with Crippen molar-refractivity contribution in [2.75, 3.05) is 34.4 Å². The summed E-state index contributed by atoms with van der Waals surface area (Å²) in [5.74, 6) is 1.42. The van der Waals surface area contributed by atoms with Crippen LogP contribution in [0.5, 0.6) is 17.2 Å². The standard InChI is InChI=1S/C20H25NO4/c1-5-21(12-11-15-9-7-6-8-10-15)20(22)16-13-18(24-3)19(25-4)14-17(16)23-2/h6-10,13-14H,5,11-12H2,1-4H3. The predicted octanol–water partition coefficient (Wildman–Crippen LogP) is 3.42. The monoisotopic (exact) mass is 343 g/mol. The van der Waals surface area contributed by atoms with Crippen molar-refractivity contribution in [2.24, 2.45) is 0 Å². The van der Waals surface area contributed by atoms with Crippen LogP contribution in [0.3, 0.4) is 0 Å². The molecule has 2 aromatic carbocycles. The second kappa shape index (κ2) is 8.97. The number of carbonyl (C=O) groups excluding carboxylic acids is 1. The molecule has 0 fully saturated rings. The Bertz CT molecular complexity index is 700. The molecule has 0 heterocycles. The topological polar surface area (TPSA) is 48.0 Å². The number of amides is 1. The third kappa shape index (κ3) is 4.44. The van der Waals surface area contributed by atoms with Gasteiger partial charge in [-0.15, -0.1) is 0 Å². The lowest BCUT2D eigenvalue weighted by atomic mass is 10.1. The lowest BCUT2D eigenvalue weighted by molar-refractivity contribution is 0.0762. The Balaban J connectivity index is 2.24. The van der Waals surface area contributed by atoms with Gasteiger partial charge in [0.25, 0.3) is 5.91 Å². The molecule has 0 aromatic heterocycles. The van der Waals surface area contributed by atoms with Crippen molar-refractivity contribution in [3.63, 3.8) is 0 Å². The molecule has 0 aliphatic carbocycles. The Kier molecular flexibility index (Phi) is 6.69. The van der Waals surface area contributed by atoms with Gasteiger partial charge in [0.15, 0.2) is 11.5 Å². The molecule has 5 heteroatoms.